The van der Waals surface area contributed by atoms with E-state index in [2.05, 4.69) is 34.8 Å². The van der Waals surface area contributed by atoms with E-state index in [1.165, 1.54) is 5.56 Å². The number of carbonyl (C=O) groups excluding carboxylic acids is 1. The van der Waals surface area contributed by atoms with Crippen LogP contribution in [0, 0.1) is 0 Å². The van der Waals surface area contributed by atoms with Gasteiger partial charge in [-0.1, -0.05) is 48.0 Å². The number of nitrogens with one attached hydrogen (secondary N) is 1. The van der Waals surface area contributed by atoms with Gasteiger partial charge in [0.25, 0.3) is 5.91 Å². The average molecular weight is 327 g/mol. The Bertz CT molecular complexity index is 702. The van der Waals surface area contributed by atoms with E-state index in [0.29, 0.717) is 16.5 Å². The van der Waals surface area contributed by atoms with Gasteiger partial charge in [0.05, 0.1) is 0 Å². The molecule has 118 valence electrons. The third-order valence-electron chi connectivity index (χ3n) is 4.24. The Morgan fingerprint density at radius 3 is 2.48 bits per heavy atom. The minimum Gasteiger partial charge on any atom is -0.267 e. The highest BCUT2D eigenvalue weighted by Gasteiger charge is 2.19. The largest absolute Gasteiger partial charge is 0.271 e. The van der Waals surface area contributed by atoms with Gasteiger partial charge in [-0.15, -0.1) is 0 Å². The Labute approximate surface area is 141 Å². The molecule has 0 unspecified atom stereocenters. The molecule has 1 aliphatic carbocycles. The lowest BCUT2D eigenvalue weighted by Crippen LogP contribution is -2.22. The van der Waals surface area contributed by atoms with Crippen LogP contribution in [-0.4, -0.2) is 11.6 Å². The minimum absolute atomic E-state index is 0.217. The van der Waals surface area contributed by atoms with Crippen molar-refractivity contribution in [1.29, 1.82) is 0 Å². The molecule has 3 nitrogen and oxygen atoms in total. The van der Waals surface area contributed by atoms with Crippen molar-refractivity contribution in [2.45, 2.75) is 31.6 Å². The second kappa shape index (κ2) is 7.42. The average Bonchev–Trinajstić information content (AvgIpc) is 2.61. The van der Waals surface area contributed by atoms with E-state index >= 15 is 0 Å². The highest BCUT2D eigenvalue weighted by Crippen LogP contribution is 2.31. The van der Waals surface area contributed by atoms with Crippen LogP contribution >= 0.6 is 11.6 Å². The molecule has 0 radical (unpaired) electrons. The van der Waals surface area contributed by atoms with Gasteiger partial charge in [-0.2, -0.15) is 5.10 Å². The lowest BCUT2D eigenvalue weighted by molar-refractivity contribution is 0.0954. The molecule has 23 heavy (non-hydrogen) atoms. The van der Waals surface area contributed by atoms with Gasteiger partial charge >= 0.3 is 0 Å². The maximum atomic E-state index is 12.0. The topological polar surface area (TPSA) is 41.5 Å². The van der Waals surface area contributed by atoms with Crippen LogP contribution in [-0.2, 0) is 0 Å². The van der Waals surface area contributed by atoms with Gasteiger partial charge in [-0.05, 0) is 55.4 Å². The maximum absolute atomic E-state index is 12.0. The summed E-state index contributed by atoms with van der Waals surface area (Å²) >= 11 is 5.90. The van der Waals surface area contributed by atoms with Crippen molar-refractivity contribution in [3.05, 3.63) is 70.7 Å². The van der Waals surface area contributed by atoms with E-state index in [0.717, 1.165) is 31.4 Å². The predicted octanol–water partition coefficient (Wildman–Crippen LogP) is 4.78. The molecular formula is C19H19ClN2O. The smallest absolute Gasteiger partial charge is 0.267 e. The molecule has 1 N–H and O–H groups in total. The number of benzene rings is 2. The number of rotatable bonds is 3. The summed E-state index contributed by atoms with van der Waals surface area (Å²) in [4.78, 5) is 12.0. The van der Waals surface area contributed by atoms with Gasteiger partial charge in [0.15, 0.2) is 0 Å². The molecule has 1 saturated carbocycles. The summed E-state index contributed by atoms with van der Waals surface area (Å²) in [5, 5.41) is 4.84. The number of nitrogens with zero attached hydrogens (tertiary/aromatic N) is 1. The molecule has 2 aromatic rings. The number of hydrogen-bond acceptors (Lipinski definition) is 2. The van der Waals surface area contributed by atoms with Gasteiger partial charge in [0.2, 0.25) is 0 Å². The van der Waals surface area contributed by atoms with Crippen molar-refractivity contribution in [3.8, 4) is 0 Å². The zero-order chi connectivity index (χ0) is 16.1. The summed E-state index contributed by atoms with van der Waals surface area (Å²) in [6, 6.07) is 17.5. The van der Waals surface area contributed by atoms with Gasteiger partial charge in [-0.25, -0.2) is 5.43 Å². The molecule has 0 bridgehead atoms. The molecule has 1 fully saturated rings. The highest BCUT2D eigenvalue weighted by atomic mass is 35.5. The highest BCUT2D eigenvalue weighted by molar-refractivity contribution is 6.30. The quantitative estimate of drug-likeness (QED) is 0.810. The van der Waals surface area contributed by atoms with Crippen LogP contribution in [0.25, 0.3) is 0 Å². The van der Waals surface area contributed by atoms with Crippen LogP contribution in [0.2, 0.25) is 5.02 Å². The number of carbonyl (C=O) groups is 1. The molecule has 1 aliphatic rings. The number of hydrazone groups is 1. The molecule has 1 amide bonds. The Kier molecular flexibility index (Phi) is 5.09. The SMILES string of the molecule is O=C(NN=C1CCC(c2ccccc2)CC1)c1cccc(Cl)c1. The molecule has 3 rings (SSSR count). The lowest BCUT2D eigenvalue weighted by Gasteiger charge is -2.23. The van der Waals surface area contributed by atoms with Crippen LogP contribution in [0.15, 0.2) is 59.7 Å². The first-order valence-electron chi connectivity index (χ1n) is 7.88. The van der Waals surface area contributed by atoms with Crippen LogP contribution in [0.5, 0.6) is 0 Å². The van der Waals surface area contributed by atoms with E-state index in [1.807, 2.05) is 6.07 Å². The fourth-order valence-electron chi connectivity index (χ4n) is 2.95. The number of amides is 1. The Morgan fingerprint density at radius 1 is 1.04 bits per heavy atom. The van der Waals surface area contributed by atoms with Gasteiger partial charge in [-0.3, -0.25) is 4.79 Å². The van der Waals surface area contributed by atoms with E-state index in [-0.39, 0.29) is 5.91 Å². The molecule has 0 spiro atoms. The summed E-state index contributed by atoms with van der Waals surface area (Å²) < 4.78 is 0. The van der Waals surface area contributed by atoms with Crippen molar-refractivity contribution < 1.29 is 4.79 Å². The zero-order valence-corrected chi connectivity index (χ0v) is 13.6. The lowest BCUT2D eigenvalue weighted by atomic mass is 9.83. The number of hydrogen-bond donors (Lipinski definition) is 1. The monoisotopic (exact) mass is 326 g/mol. The fourth-order valence-corrected chi connectivity index (χ4v) is 3.14. The van der Waals surface area contributed by atoms with Crippen LogP contribution in [0.3, 0.4) is 0 Å². The fraction of sp³-hybridized carbons (Fsp3) is 0.263. The van der Waals surface area contributed by atoms with Crippen LogP contribution in [0.1, 0.15) is 47.5 Å². The van der Waals surface area contributed by atoms with E-state index in [4.69, 9.17) is 11.6 Å². The molecule has 4 heteroatoms. The molecule has 0 heterocycles. The summed E-state index contributed by atoms with van der Waals surface area (Å²) in [5.41, 5.74) is 5.63. The predicted molar refractivity (Wildman–Crippen MR) is 94.0 cm³/mol. The number of halogens is 1. The van der Waals surface area contributed by atoms with E-state index in [9.17, 15) is 4.79 Å². The van der Waals surface area contributed by atoms with Crippen molar-refractivity contribution in [1.82, 2.24) is 5.43 Å². The molecule has 2 aromatic carbocycles. The van der Waals surface area contributed by atoms with Crippen LogP contribution < -0.4 is 5.43 Å². The summed E-state index contributed by atoms with van der Waals surface area (Å²) in [6.07, 6.45) is 4.01. The minimum atomic E-state index is -0.217. The second-order valence-corrected chi connectivity index (χ2v) is 6.25. The first-order chi connectivity index (χ1) is 11.2. The molecule has 0 aliphatic heterocycles. The molecule has 0 atom stereocenters. The third kappa shape index (κ3) is 4.20. The van der Waals surface area contributed by atoms with Crippen molar-refractivity contribution in [3.63, 3.8) is 0 Å². The Hall–Kier alpha value is -2.13. The molecular weight excluding hydrogens is 308 g/mol. The first-order valence-corrected chi connectivity index (χ1v) is 8.26. The summed E-state index contributed by atoms with van der Waals surface area (Å²) in [5.74, 6) is 0.379. The van der Waals surface area contributed by atoms with Crippen molar-refractivity contribution in [2.75, 3.05) is 0 Å². The van der Waals surface area contributed by atoms with Gasteiger partial charge < -0.3 is 0 Å². The normalized spacial score (nSPS) is 17.6. The van der Waals surface area contributed by atoms with E-state index in [1.54, 1.807) is 24.3 Å². The Balaban J connectivity index is 1.55. The summed E-state index contributed by atoms with van der Waals surface area (Å²) in [7, 11) is 0. The van der Waals surface area contributed by atoms with Gasteiger partial charge in [0.1, 0.15) is 0 Å². The third-order valence-corrected chi connectivity index (χ3v) is 4.47. The zero-order valence-electron chi connectivity index (χ0n) is 12.8. The summed E-state index contributed by atoms with van der Waals surface area (Å²) in [6.45, 7) is 0. The Morgan fingerprint density at radius 2 is 1.78 bits per heavy atom. The second-order valence-electron chi connectivity index (χ2n) is 5.81. The maximum Gasteiger partial charge on any atom is 0.271 e. The van der Waals surface area contributed by atoms with E-state index < -0.39 is 0 Å². The molecule has 0 saturated heterocycles. The standard InChI is InChI=1S/C19H19ClN2O/c20-17-8-4-7-16(13-17)19(23)22-21-18-11-9-15(10-12-18)14-5-2-1-3-6-14/h1-8,13,15H,9-12H2,(H,22,23). The first kappa shape index (κ1) is 15.8. The van der Waals surface area contributed by atoms with Crippen LogP contribution in [0.4, 0.5) is 0 Å². The van der Waals surface area contributed by atoms with Crippen molar-refractivity contribution >= 4 is 23.2 Å². The van der Waals surface area contributed by atoms with Gasteiger partial charge in [0, 0.05) is 16.3 Å². The van der Waals surface area contributed by atoms with Crippen molar-refractivity contribution in [2.24, 2.45) is 5.10 Å². The molecule has 0 aromatic heterocycles.